The number of anilines is 1. The molecule has 4 rings (SSSR count). The fraction of sp³-hybridized carbons (Fsp3) is 0.240. The van der Waals surface area contributed by atoms with E-state index in [0.717, 1.165) is 21.5 Å². The molecule has 0 bridgehead atoms. The van der Waals surface area contributed by atoms with E-state index < -0.39 is 0 Å². The number of amides is 1. The lowest BCUT2D eigenvalue weighted by Crippen LogP contribution is -2.34. The van der Waals surface area contributed by atoms with Crippen molar-refractivity contribution >= 4 is 32.6 Å². The van der Waals surface area contributed by atoms with E-state index in [9.17, 15) is 4.79 Å². The lowest BCUT2D eigenvalue weighted by Gasteiger charge is -2.20. The Bertz CT molecular complexity index is 1190. The minimum absolute atomic E-state index is 0.0828. The molecular weight excluding hydrogens is 422 g/mol. The van der Waals surface area contributed by atoms with Crippen molar-refractivity contribution in [2.75, 3.05) is 18.6 Å². The van der Waals surface area contributed by atoms with E-state index in [1.54, 1.807) is 24.4 Å². The van der Waals surface area contributed by atoms with Crippen LogP contribution in [0.15, 0.2) is 67.0 Å². The van der Waals surface area contributed by atoms with E-state index in [0.29, 0.717) is 23.3 Å². The molecule has 0 fully saturated rings. The molecule has 0 saturated carbocycles. The number of fused-ring (bicyclic) bond motifs is 1. The molecule has 2 aromatic heterocycles. The Morgan fingerprint density at radius 3 is 2.56 bits per heavy atom. The number of nitrogens with zero attached hydrogens (tertiary/aromatic N) is 3. The second-order valence-corrected chi connectivity index (χ2v) is 8.69. The van der Waals surface area contributed by atoms with Crippen molar-refractivity contribution < 1.29 is 14.3 Å². The van der Waals surface area contributed by atoms with Gasteiger partial charge in [-0.3, -0.25) is 14.7 Å². The van der Waals surface area contributed by atoms with Crippen LogP contribution in [0, 0.1) is 0 Å². The topological polar surface area (TPSA) is 64.5 Å². The summed E-state index contributed by atoms with van der Waals surface area (Å²) >= 11 is 1.46. The van der Waals surface area contributed by atoms with Gasteiger partial charge in [0.15, 0.2) is 11.7 Å². The Kier molecular flexibility index (Phi) is 6.66. The number of aromatic nitrogens is 2. The summed E-state index contributed by atoms with van der Waals surface area (Å²) in [5.74, 6) is 1.66. The molecule has 6 nitrogen and oxygen atoms in total. The summed E-state index contributed by atoms with van der Waals surface area (Å²) < 4.78 is 12.1. The highest BCUT2D eigenvalue weighted by Crippen LogP contribution is 2.32. The summed E-state index contributed by atoms with van der Waals surface area (Å²) in [6, 6.07) is 17.4. The monoisotopic (exact) mass is 447 g/mol. The third-order valence-corrected chi connectivity index (χ3v) is 6.15. The fourth-order valence-electron chi connectivity index (χ4n) is 3.25. The minimum Gasteiger partial charge on any atom is -0.497 e. The number of rotatable bonds is 8. The maximum atomic E-state index is 13.2. The van der Waals surface area contributed by atoms with Gasteiger partial charge in [0.05, 0.1) is 23.9 Å². The first-order valence-corrected chi connectivity index (χ1v) is 11.2. The second kappa shape index (κ2) is 9.78. The van der Waals surface area contributed by atoms with Crippen LogP contribution in [0.25, 0.3) is 10.2 Å². The molecule has 1 amide bonds. The average molecular weight is 448 g/mol. The highest BCUT2D eigenvalue weighted by atomic mass is 32.1. The highest BCUT2D eigenvalue weighted by molar-refractivity contribution is 7.22. The zero-order chi connectivity index (χ0) is 22.5. The number of carbonyl (C=O) groups excluding carboxylic acids is 1. The van der Waals surface area contributed by atoms with Gasteiger partial charge >= 0.3 is 0 Å². The summed E-state index contributed by atoms with van der Waals surface area (Å²) in [7, 11) is 1.62. The lowest BCUT2D eigenvalue weighted by molar-refractivity contribution is -0.120. The number of benzene rings is 2. The number of hydrogen-bond acceptors (Lipinski definition) is 6. The Labute approximate surface area is 191 Å². The van der Waals surface area contributed by atoms with Crippen LogP contribution < -0.4 is 14.4 Å². The van der Waals surface area contributed by atoms with Crippen molar-refractivity contribution in [2.45, 2.75) is 26.3 Å². The van der Waals surface area contributed by atoms with Gasteiger partial charge in [0, 0.05) is 18.5 Å². The van der Waals surface area contributed by atoms with Crippen molar-refractivity contribution in [3.05, 3.63) is 78.1 Å². The van der Waals surface area contributed by atoms with Crippen LogP contribution in [0.4, 0.5) is 5.13 Å². The standard InChI is InChI=1S/C25H25N3O3S/c1-17(2)19-6-8-20(9-7-19)31-16-24(29)28(15-18-5-4-12-26-14-18)25-27-22-13-21(30-3)10-11-23(22)32-25/h4-14,17H,15-16H2,1-3H3. The molecular formula is C25H25N3O3S. The molecule has 0 unspecified atom stereocenters. The van der Waals surface area contributed by atoms with Crippen molar-refractivity contribution in [3.63, 3.8) is 0 Å². The summed E-state index contributed by atoms with van der Waals surface area (Å²) in [4.78, 5) is 23.7. The summed E-state index contributed by atoms with van der Waals surface area (Å²) in [6.45, 7) is 4.56. The number of ether oxygens (including phenoxy) is 2. The predicted octanol–water partition coefficient (Wildman–Crippen LogP) is 5.44. The molecule has 0 aliphatic heterocycles. The molecule has 0 aliphatic rings. The van der Waals surface area contributed by atoms with Gasteiger partial charge < -0.3 is 9.47 Å². The summed E-state index contributed by atoms with van der Waals surface area (Å²) in [5, 5.41) is 0.612. The minimum atomic E-state index is -0.173. The van der Waals surface area contributed by atoms with Crippen LogP contribution in [0.1, 0.15) is 30.9 Å². The van der Waals surface area contributed by atoms with Gasteiger partial charge in [-0.1, -0.05) is 43.4 Å². The number of hydrogen-bond donors (Lipinski definition) is 0. The quantitative estimate of drug-likeness (QED) is 0.360. The van der Waals surface area contributed by atoms with E-state index in [4.69, 9.17) is 14.5 Å². The lowest BCUT2D eigenvalue weighted by atomic mass is 10.0. The van der Waals surface area contributed by atoms with Crippen LogP contribution in [-0.4, -0.2) is 29.6 Å². The fourth-order valence-corrected chi connectivity index (χ4v) is 4.21. The molecule has 0 N–H and O–H groups in total. The van der Waals surface area contributed by atoms with Crippen molar-refractivity contribution in [2.24, 2.45) is 0 Å². The zero-order valence-electron chi connectivity index (χ0n) is 18.3. The largest absolute Gasteiger partial charge is 0.497 e. The maximum Gasteiger partial charge on any atom is 0.267 e. The SMILES string of the molecule is COc1ccc2sc(N(Cc3cccnc3)C(=O)COc3ccc(C(C)C)cc3)nc2c1. The first-order valence-electron chi connectivity index (χ1n) is 10.4. The number of methoxy groups -OCH3 is 1. The number of pyridine rings is 1. The molecule has 0 spiro atoms. The smallest absolute Gasteiger partial charge is 0.267 e. The summed E-state index contributed by atoms with van der Waals surface area (Å²) in [6.07, 6.45) is 3.46. The average Bonchev–Trinajstić information content (AvgIpc) is 3.24. The van der Waals surface area contributed by atoms with Crippen molar-refractivity contribution in [3.8, 4) is 11.5 Å². The van der Waals surface area contributed by atoms with Crippen LogP contribution in [0.5, 0.6) is 11.5 Å². The molecule has 2 aromatic carbocycles. The highest BCUT2D eigenvalue weighted by Gasteiger charge is 2.21. The normalized spacial score (nSPS) is 11.0. The number of thiazole rings is 1. The van der Waals surface area contributed by atoms with E-state index >= 15 is 0 Å². The van der Waals surface area contributed by atoms with E-state index in [2.05, 4.69) is 18.8 Å². The van der Waals surface area contributed by atoms with Gasteiger partial charge in [-0.25, -0.2) is 4.98 Å². The molecule has 0 atom stereocenters. The first kappa shape index (κ1) is 21.8. The van der Waals surface area contributed by atoms with Gasteiger partial charge in [-0.2, -0.15) is 0 Å². The van der Waals surface area contributed by atoms with Gasteiger partial charge in [0.25, 0.3) is 5.91 Å². The Hall–Kier alpha value is -3.45. The maximum absolute atomic E-state index is 13.2. The Morgan fingerprint density at radius 2 is 1.88 bits per heavy atom. The zero-order valence-corrected chi connectivity index (χ0v) is 19.1. The second-order valence-electron chi connectivity index (χ2n) is 7.68. The predicted molar refractivity (Wildman–Crippen MR) is 128 cm³/mol. The Balaban J connectivity index is 1.56. The molecule has 2 heterocycles. The van der Waals surface area contributed by atoms with Crippen LogP contribution in [0.2, 0.25) is 0 Å². The third-order valence-electron chi connectivity index (χ3n) is 5.09. The van der Waals surface area contributed by atoms with Crippen molar-refractivity contribution in [1.82, 2.24) is 9.97 Å². The van der Waals surface area contributed by atoms with Crippen LogP contribution in [-0.2, 0) is 11.3 Å². The van der Waals surface area contributed by atoms with Crippen molar-refractivity contribution in [1.29, 1.82) is 0 Å². The van der Waals surface area contributed by atoms with E-state index in [1.807, 2.05) is 54.6 Å². The molecule has 164 valence electrons. The van der Waals surface area contributed by atoms with Gasteiger partial charge in [-0.15, -0.1) is 0 Å². The molecule has 7 heteroatoms. The van der Waals surface area contributed by atoms with E-state index in [-0.39, 0.29) is 12.5 Å². The van der Waals surface area contributed by atoms with Gasteiger partial charge in [0.2, 0.25) is 0 Å². The van der Waals surface area contributed by atoms with E-state index in [1.165, 1.54) is 16.9 Å². The Morgan fingerprint density at radius 1 is 1.09 bits per heavy atom. The third kappa shape index (κ3) is 5.06. The van der Waals surface area contributed by atoms with Gasteiger partial charge in [0.1, 0.15) is 11.5 Å². The van der Waals surface area contributed by atoms with Crippen LogP contribution in [0.3, 0.4) is 0 Å². The molecule has 0 aliphatic carbocycles. The molecule has 0 radical (unpaired) electrons. The molecule has 0 saturated heterocycles. The molecule has 4 aromatic rings. The van der Waals surface area contributed by atoms with Gasteiger partial charge in [-0.05, 0) is 47.4 Å². The van der Waals surface area contributed by atoms with Crippen LogP contribution >= 0.6 is 11.3 Å². The number of carbonyl (C=O) groups is 1. The molecule has 32 heavy (non-hydrogen) atoms. The first-order chi connectivity index (χ1) is 15.5. The summed E-state index contributed by atoms with van der Waals surface area (Å²) in [5.41, 5.74) is 2.93.